The van der Waals surface area contributed by atoms with Crippen molar-refractivity contribution in [1.29, 1.82) is 0 Å². The van der Waals surface area contributed by atoms with Gasteiger partial charge in [0.05, 0.1) is 0 Å². The highest BCUT2D eigenvalue weighted by Gasteiger charge is 2.21. The third kappa shape index (κ3) is 1.93. The fourth-order valence-corrected chi connectivity index (χ4v) is 2.35. The van der Waals surface area contributed by atoms with E-state index in [0.717, 1.165) is 28.9 Å². The zero-order chi connectivity index (χ0) is 11.8. The predicted octanol–water partition coefficient (Wildman–Crippen LogP) is 3.68. The number of fused-ring (bicyclic) bond motifs is 1. The van der Waals surface area contributed by atoms with E-state index in [1.807, 2.05) is 23.1 Å². The molecule has 0 atom stereocenters. The zero-order valence-corrected chi connectivity index (χ0v) is 10.6. The average Bonchev–Trinajstić information content (AvgIpc) is 2.73. The summed E-state index contributed by atoms with van der Waals surface area (Å²) in [5.41, 5.74) is 2.11. The number of benzene rings is 1. The highest BCUT2D eigenvalue weighted by atomic mass is 79.9. The van der Waals surface area contributed by atoms with Gasteiger partial charge in [-0.15, -0.1) is 0 Å². The summed E-state index contributed by atoms with van der Waals surface area (Å²) in [6, 6.07) is 8.82. The van der Waals surface area contributed by atoms with E-state index in [2.05, 4.69) is 20.9 Å². The van der Waals surface area contributed by atoms with Crippen LogP contribution in [0.3, 0.4) is 0 Å². The largest absolute Gasteiger partial charge is 0.326 e. The van der Waals surface area contributed by atoms with Gasteiger partial charge in [-0.05, 0) is 52.2 Å². The van der Waals surface area contributed by atoms with Crippen molar-refractivity contribution in [2.75, 3.05) is 11.4 Å². The maximum Gasteiger partial charge on any atom is 0.133 e. The van der Waals surface area contributed by atoms with Crippen molar-refractivity contribution in [2.24, 2.45) is 0 Å². The summed E-state index contributed by atoms with van der Waals surface area (Å²) in [5, 5.41) is 0. The third-order valence-corrected chi connectivity index (χ3v) is 3.40. The molecule has 3 rings (SSSR count). The molecule has 1 aromatic heterocycles. The van der Waals surface area contributed by atoms with Crippen molar-refractivity contribution < 1.29 is 4.39 Å². The van der Waals surface area contributed by atoms with E-state index in [4.69, 9.17) is 0 Å². The van der Waals surface area contributed by atoms with Gasteiger partial charge >= 0.3 is 0 Å². The minimum atomic E-state index is -0.201. The smallest absolute Gasteiger partial charge is 0.133 e. The van der Waals surface area contributed by atoms with E-state index in [1.54, 1.807) is 12.3 Å². The number of aromatic nitrogens is 1. The molecule has 86 valence electrons. The predicted molar refractivity (Wildman–Crippen MR) is 69.0 cm³/mol. The van der Waals surface area contributed by atoms with E-state index in [0.29, 0.717) is 0 Å². The van der Waals surface area contributed by atoms with Crippen molar-refractivity contribution >= 4 is 27.4 Å². The van der Waals surface area contributed by atoms with Crippen LogP contribution in [0, 0.1) is 5.82 Å². The molecule has 1 aliphatic rings. The molecule has 0 amide bonds. The second-order valence-electron chi connectivity index (χ2n) is 4.01. The molecule has 2 nitrogen and oxygen atoms in total. The molecule has 1 aliphatic heterocycles. The van der Waals surface area contributed by atoms with Gasteiger partial charge in [-0.3, -0.25) is 0 Å². The van der Waals surface area contributed by atoms with E-state index >= 15 is 0 Å². The van der Waals surface area contributed by atoms with E-state index in [1.165, 1.54) is 11.6 Å². The van der Waals surface area contributed by atoms with Gasteiger partial charge in [0.15, 0.2) is 0 Å². The lowest BCUT2D eigenvalue weighted by Crippen LogP contribution is -2.14. The summed E-state index contributed by atoms with van der Waals surface area (Å²) in [6.45, 7) is 0.855. The Bertz CT molecular complexity index is 554. The first-order valence-corrected chi connectivity index (χ1v) is 6.21. The number of anilines is 2. The summed E-state index contributed by atoms with van der Waals surface area (Å²) < 4.78 is 14.2. The van der Waals surface area contributed by atoms with E-state index < -0.39 is 0 Å². The molecule has 0 bridgehead atoms. The second kappa shape index (κ2) is 4.11. The van der Waals surface area contributed by atoms with Crippen LogP contribution in [0.5, 0.6) is 0 Å². The molecule has 2 aromatic rings. The lowest BCUT2D eigenvalue weighted by molar-refractivity contribution is 0.628. The van der Waals surface area contributed by atoms with Crippen LogP contribution in [-0.2, 0) is 6.42 Å². The van der Waals surface area contributed by atoms with Crippen molar-refractivity contribution in [2.45, 2.75) is 6.42 Å². The quantitative estimate of drug-likeness (QED) is 0.797. The number of hydrogen-bond acceptors (Lipinski definition) is 2. The molecular formula is C13H10BrFN2. The summed E-state index contributed by atoms with van der Waals surface area (Å²) in [6.07, 6.45) is 2.69. The third-order valence-electron chi connectivity index (χ3n) is 2.93. The Kier molecular flexibility index (Phi) is 2.59. The summed E-state index contributed by atoms with van der Waals surface area (Å²) in [7, 11) is 0. The first-order chi connectivity index (χ1) is 8.24. The number of rotatable bonds is 1. The highest BCUT2D eigenvalue weighted by molar-refractivity contribution is 9.10. The van der Waals surface area contributed by atoms with Gasteiger partial charge in [-0.25, -0.2) is 9.37 Å². The van der Waals surface area contributed by atoms with Crippen LogP contribution < -0.4 is 4.90 Å². The van der Waals surface area contributed by atoms with Crippen molar-refractivity contribution in [3.63, 3.8) is 0 Å². The van der Waals surface area contributed by atoms with Crippen LogP contribution in [0.25, 0.3) is 0 Å². The number of pyridine rings is 1. The second-order valence-corrected chi connectivity index (χ2v) is 4.92. The van der Waals surface area contributed by atoms with Crippen molar-refractivity contribution in [3.05, 3.63) is 52.4 Å². The molecule has 0 aliphatic carbocycles. The molecule has 2 heterocycles. The maximum absolute atomic E-state index is 13.3. The molecule has 0 unspecified atom stereocenters. The lowest BCUT2D eigenvalue weighted by atomic mass is 10.2. The molecular weight excluding hydrogens is 283 g/mol. The Morgan fingerprint density at radius 1 is 1.24 bits per heavy atom. The molecule has 1 aromatic carbocycles. The van der Waals surface area contributed by atoms with Gasteiger partial charge in [0, 0.05) is 22.9 Å². The molecule has 0 N–H and O–H groups in total. The van der Waals surface area contributed by atoms with E-state index in [9.17, 15) is 4.39 Å². The molecule has 4 heteroatoms. The highest BCUT2D eigenvalue weighted by Crippen LogP contribution is 2.34. The summed E-state index contributed by atoms with van der Waals surface area (Å²) >= 11 is 3.36. The lowest BCUT2D eigenvalue weighted by Gasteiger charge is -2.18. The minimum absolute atomic E-state index is 0.201. The van der Waals surface area contributed by atoms with Crippen molar-refractivity contribution in [1.82, 2.24) is 4.98 Å². The fourth-order valence-electron chi connectivity index (χ4n) is 2.12. The zero-order valence-electron chi connectivity index (χ0n) is 9.03. The Hall–Kier alpha value is -1.42. The molecule has 0 fully saturated rings. The molecule has 0 radical (unpaired) electrons. The number of halogens is 2. The van der Waals surface area contributed by atoms with Crippen LogP contribution >= 0.6 is 15.9 Å². The SMILES string of the molecule is Fc1ccc2c(c1)N(c1ccc(Br)cn1)CC2. The summed E-state index contributed by atoms with van der Waals surface area (Å²) in [5.74, 6) is 0.658. The van der Waals surface area contributed by atoms with Gasteiger partial charge < -0.3 is 4.90 Å². The first-order valence-electron chi connectivity index (χ1n) is 5.41. The van der Waals surface area contributed by atoms with Gasteiger partial charge in [0.25, 0.3) is 0 Å². The molecule has 17 heavy (non-hydrogen) atoms. The topological polar surface area (TPSA) is 16.1 Å². The summed E-state index contributed by atoms with van der Waals surface area (Å²) in [4.78, 5) is 6.39. The Labute approximate surface area is 107 Å². The van der Waals surface area contributed by atoms with Crippen LogP contribution in [0.1, 0.15) is 5.56 Å². The molecule has 0 spiro atoms. The van der Waals surface area contributed by atoms with E-state index in [-0.39, 0.29) is 5.82 Å². The number of nitrogens with zero attached hydrogens (tertiary/aromatic N) is 2. The van der Waals surface area contributed by atoms with Gasteiger partial charge in [0.2, 0.25) is 0 Å². The van der Waals surface area contributed by atoms with Crippen LogP contribution in [0.4, 0.5) is 15.9 Å². The Balaban J connectivity index is 2.03. The minimum Gasteiger partial charge on any atom is -0.326 e. The first kappa shape index (κ1) is 10.7. The average molecular weight is 293 g/mol. The maximum atomic E-state index is 13.3. The van der Waals surface area contributed by atoms with Crippen LogP contribution in [0.2, 0.25) is 0 Å². The number of hydrogen-bond donors (Lipinski definition) is 0. The monoisotopic (exact) mass is 292 g/mol. The standard InChI is InChI=1S/C13H10BrFN2/c14-10-2-4-13(16-8-10)17-6-5-9-1-3-11(15)7-12(9)17/h1-4,7-8H,5-6H2. The fraction of sp³-hybridized carbons (Fsp3) is 0.154. The van der Waals surface area contributed by atoms with Crippen LogP contribution in [-0.4, -0.2) is 11.5 Å². The van der Waals surface area contributed by atoms with Gasteiger partial charge in [0.1, 0.15) is 11.6 Å². The Morgan fingerprint density at radius 2 is 2.12 bits per heavy atom. The molecule has 0 saturated heterocycles. The van der Waals surface area contributed by atoms with Crippen LogP contribution in [0.15, 0.2) is 41.0 Å². The molecule has 0 saturated carbocycles. The van der Waals surface area contributed by atoms with Gasteiger partial charge in [-0.2, -0.15) is 0 Å². The normalized spacial score (nSPS) is 13.9. The Morgan fingerprint density at radius 3 is 2.88 bits per heavy atom. The van der Waals surface area contributed by atoms with Gasteiger partial charge in [-0.1, -0.05) is 6.07 Å². The van der Waals surface area contributed by atoms with Crippen molar-refractivity contribution in [3.8, 4) is 0 Å².